The summed E-state index contributed by atoms with van der Waals surface area (Å²) in [4.78, 5) is 24.4. The second-order valence-electron chi connectivity index (χ2n) is 4.78. The highest BCUT2D eigenvalue weighted by atomic mass is 19.4. The summed E-state index contributed by atoms with van der Waals surface area (Å²) in [6, 6.07) is 3.75. The lowest BCUT2D eigenvalue weighted by Gasteiger charge is -2.15. The van der Waals surface area contributed by atoms with Gasteiger partial charge in [0.1, 0.15) is 11.4 Å². The lowest BCUT2D eigenvalue weighted by molar-refractivity contribution is -0.274. The molecule has 0 aliphatic carbocycles. The molecule has 0 aromatic heterocycles. The standard InChI is InChI=1S/C14H13F3N2O4/c1-8-4-9(6-10(5-8)23-14(15,16)17)18-11-7-12(21)19(2-3-20)13(11)22/h4-7,18,20H,2-3H2,1H3. The Morgan fingerprint density at radius 1 is 1.26 bits per heavy atom. The summed E-state index contributed by atoms with van der Waals surface area (Å²) in [7, 11) is 0. The van der Waals surface area contributed by atoms with E-state index in [0.717, 1.165) is 17.0 Å². The van der Waals surface area contributed by atoms with Crippen molar-refractivity contribution in [1.82, 2.24) is 4.90 Å². The molecule has 0 saturated carbocycles. The van der Waals surface area contributed by atoms with Gasteiger partial charge < -0.3 is 15.2 Å². The molecule has 2 amide bonds. The third-order valence-electron chi connectivity index (χ3n) is 2.90. The average Bonchev–Trinajstić information content (AvgIpc) is 2.64. The maximum absolute atomic E-state index is 12.3. The number of aliphatic hydroxyl groups excluding tert-OH is 1. The number of alkyl halides is 3. The van der Waals surface area contributed by atoms with E-state index in [1.165, 1.54) is 12.1 Å². The summed E-state index contributed by atoms with van der Waals surface area (Å²) in [5.74, 6) is -1.71. The Balaban J connectivity index is 2.19. The maximum Gasteiger partial charge on any atom is 0.573 e. The Kier molecular flexibility index (Phi) is 4.60. The number of rotatable bonds is 5. The van der Waals surface area contributed by atoms with Gasteiger partial charge in [0.2, 0.25) is 0 Å². The molecule has 1 heterocycles. The van der Waals surface area contributed by atoms with Gasteiger partial charge in [-0.25, -0.2) is 0 Å². The molecule has 1 aliphatic rings. The van der Waals surface area contributed by atoms with Crippen LogP contribution in [0.4, 0.5) is 18.9 Å². The topological polar surface area (TPSA) is 78.9 Å². The largest absolute Gasteiger partial charge is 0.573 e. The first kappa shape index (κ1) is 16.8. The second kappa shape index (κ2) is 6.29. The van der Waals surface area contributed by atoms with Crippen molar-refractivity contribution in [2.45, 2.75) is 13.3 Å². The van der Waals surface area contributed by atoms with Crippen LogP contribution in [0.25, 0.3) is 0 Å². The van der Waals surface area contributed by atoms with E-state index in [0.29, 0.717) is 5.56 Å². The predicted octanol–water partition coefficient (Wildman–Crippen LogP) is 1.55. The molecule has 0 radical (unpaired) electrons. The summed E-state index contributed by atoms with van der Waals surface area (Å²) in [6.45, 7) is 1.02. The minimum absolute atomic E-state index is 0.0907. The van der Waals surface area contributed by atoms with Crippen molar-refractivity contribution in [3.8, 4) is 5.75 Å². The highest BCUT2D eigenvalue weighted by Gasteiger charge is 2.32. The van der Waals surface area contributed by atoms with Crippen LogP contribution in [0, 0.1) is 6.92 Å². The first-order chi connectivity index (χ1) is 10.7. The number of amides is 2. The SMILES string of the molecule is Cc1cc(NC2=CC(=O)N(CCO)C2=O)cc(OC(F)(F)F)c1. The molecule has 0 spiro atoms. The normalized spacial score (nSPS) is 15.0. The molecule has 1 aromatic rings. The Bertz CT molecular complexity index is 670. The van der Waals surface area contributed by atoms with Crippen molar-refractivity contribution in [2.75, 3.05) is 18.5 Å². The van der Waals surface area contributed by atoms with E-state index in [4.69, 9.17) is 5.11 Å². The third-order valence-corrected chi connectivity index (χ3v) is 2.90. The molecule has 23 heavy (non-hydrogen) atoms. The van der Waals surface area contributed by atoms with Gasteiger partial charge in [0, 0.05) is 17.8 Å². The molecular formula is C14H13F3N2O4. The van der Waals surface area contributed by atoms with E-state index in [-0.39, 0.29) is 24.5 Å². The molecule has 0 atom stereocenters. The van der Waals surface area contributed by atoms with Crippen LogP contribution in [0.15, 0.2) is 30.0 Å². The Morgan fingerprint density at radius 3 is 2.57 bits per heavy atom. The zero-order chi connectivity index (χ0) is 17.2. The van der Waals surface area contributed by atoms with Crippen LogP contribution >= 0.6 is 0 Å². The number of carbonyl (C=O) groups is 2. The molecule has 0 bridgehead atoms. The second-order valence-corrected chi connectivity index (χ2v) is 4.78. The molecule has 0 unspecified atom stereocenters. The van der Waals surface area contributed by atoms with E-state index < -0.39 is 23.9 Å². The highest BCUT2D eigenvalue weighted by Crippen LogP contribution is 2.28. The number of hydrogen-bond donors (Lipinski definition) is 2. The Morgan fingerprint density at radius 2 is 1.96 bits per heavy atom. The molecule has 124 valence electrons. The first-order valence-electron chi connectivity index (χ1n) is 6.52. The molecule has 0 saturated heterocycles. The van der Waals surface area contributed by atoms with Gasteiger partial charge in [-0.1, -0.05) is 0 Å². The first-order valence-corrected chi connectivity index (χ1v) is 6.52. The van der Waals surface area contributed by atoms with Crippen molar-refractivity contribution in [3.63, 3.8) is 0 Å². The zero-order valence-electron chi connectivity index (χ0n) is 12.0. The number of nitrogens with one attached hydrogen (secondary N) is 1. The summed E-state index contributed by atoms with van der Waals surface area (Å²) in [5, 5.41) is 11.4. The number of aryl methyl sites for hydroxylation is 1. The minimum Gasteiger partial charge on any atom is -0.406 e. The van der Waals surface area contributed by atoms with Crippen LogP contribution in [0.1, 0.15) is 5.56 Å². The zero-order valence-corrected chi connectivity index (χ0v) is 12.0. The van der Waals surface area contributed by atoms with Crippen LogP contribution in [0.2, 0.25) is 0 Å². The van der Waals surface area contributed by atoms with Gasteiger partial charge in [-0.15, -0.1) is 13.2 Å². The molecule has 1 aliphatic heterocycles. The van der Waals surface area contributed by atoms with Gasteiger partial charge in [0.05, 0.1) is 13.2 Å². The van der Waals surface area contributed by atoms with Crippen molar-refractivity contribution >= 4 is 17.5 Å². The van der Waals surface area contributed by atoms with E-state index in [2.05, 4.69) is 10.1 Å². The van der Waals surface area contributed by atoms with Crippen LogP contribution in [0.3, 0.4) is 0 Å². The number of anilines is 1. The van der Waals surface area contributed by atoms with E-state index in [1.54, 1.807) is 6.92 Å². The number of hydrogen-bond acceptors (Lipinski definition) is 5. The number of imide groups is 1. The predicted molar refractivity (Wildman–Crippen MR) is 73.4 cm³/mol. The van der Waals surface area contributed by atoms with Crippen molar-refractivity contribution in [3.05, 3.63) is 35.5 Å². The van der Waals surface area contributed by atoms with Gasteiger partial charge in [-0.05, 0) is 24.6 Å². The lowest BCUT2D eigenvalue weighted by atomic mass is 10.2. The number of aliphatic hydroxyl groups is 1. The summed E-state index contributed by atoms with van der Waals surface area (Å²) < 4.78 is 40.7. The summed E-state index contributed by atoms with van der Waals surface area (Å²) in [5.41, 5.74) is 0.549. The third kappa shape index (κ3) is 4.22. The molecular weight excluding hydrogens is 317 g/mol. The molecule has 9 heteroatoms. The summed E-state index contributed by atoms with van der Waals surface area (Å²) >= 11 is 0. The van der Waals surface area contributed by atoms with Gasteiger partial charge in [-0.3, -0.25) is 14.5 Å². The van der Waals surface area contributed by atoms with E-state index in [9.17, 15) is 22.8 Å². The van der Waals surface area contributed by atoms with Gasteiger partial charge in [-0.2, -0.15) is 0 Å². The Labute approximate surface area is 129 Å². The fraction of sp³-hybridized carbons (Fsp3) is 0.286. The Hall–Kier alpha value is -2.55. The monoisotopic (exact) mass is 330 g/mol. The number of nitrogens with zero attached hydrogens (tertiary/aromatic N) is 1. The van der Waals surface area contributed by atoms with Crippen LogP contribution in [-0.4, -0.2) is 41.3 Å². The highest BCUT2D eigenvalue weighted by molar-refractivity contribution is 6.17. The fourth-order valence-corrected chi connectivity index (χ4v) is 2.08. The number of halogens is 3. The van der Waals surface area contributed by atoms with Gasteiger partial charge >= 0.3 is 6.36 Å². The smallest absolute Gasteiger partial charge is 0.406 e. The van der Waals surface area contributed by atoms with Crippen molar-refractivity contribution in [2.24, 2.45) is 0 Å². The number of ether oxygens (including phenoxy) is 1. The molecule has 6 nitrogen and oxygen atoms in total. The minimum atomic E-state index is -4.83. The van der Waals surface area contributed by atoms with Crippen molar-refractivity contribution < 1.29 is 32.6 Å². The van der Waals surface area contributed by atoms with Crippen LogP contribution in [-0.2, 0) is 9.59 Å². The molecule has 2 N–H and O–H groups in total. The number of benzene rings is 1. The quantitative estimate of drug-likeness (QED) is 0.801. The van der Waals surface area contributed by atoms with Crippen molar-refractivity contribution in [1.29, 1.82) is 0 Å². The number of β-amino-alcohol motifs (C(OH)–C–C–N with tert-alkyl or cyclic N) is 1. The molecule has 1 aromatic carbocycles. The molecule has 2 rings (SSSR count). The maximum atomic E-state index is 12.3. The lowest BCUT2D eigenvalue weighted by Crippen LogP contribution is -2.34. The van der Waals surface area contributed by atoms with E-state index in [1.807, 2.05) is 0 Å². The van der Waals surface area contributed by atoms with Gasteiger partial charge in [0.25, 0.3) is 11.8 Å². The van der Waals surface area contributed by atoms with Crippen LogP contribution < -0.4 is 10.1 Å². The fourth-order valence-electron chi connectivity index (χ4n) is 2.08. The summed E-state index contributed by atoms with van der Waals surface area (Å²) in [6.07, 6.45) is -3.81. The van der Waals surface area contributed by atoms with Crippen LogP contribution in [0.5, 0.6) is 5.75 Å². The number of carbonyl (C=O) groups excluding carboxylic acids is 2. The molecule has 0 fully saturated rings. The van der Waals surface area contributed by atoms with Gasteiger partial charge in [0.15, 0.2) is 0 Å². The van der Waals surface area contributed by atoms with E-state index >= 15 is 0 Å². The average molecular weight is 330 g/mol.